The summed E-state index contributed by atoms with van der Waals surface area (Å²) in [6.07, 6.45) is 0. The summed E-state index contributed by atoms with van der Waals surface area (Å²) in [5.74, 6) is -0.565. The van der Waals surface area contributed by atoms with Gasteiger partial charge in [-0.2, -0.15) is 0 Å². The van der Waals surface area contributed by atoms with Crippen LogP contribution < -0.4 is 10.6 Å². The van der Waals surface area contributed by atoms with E-state index in [1.807, 2.05) is 84.9 Å². The Bertz CT molecular complexity index is 1820. The number of aromatic nitrogens is 2. The molecule has 38 heavy (non-hydrogen) atoms. The van der Waals surface area contributed by atoms with Gasteiger partial charge in [-0.3, -0.25) is 9.59 Å². The number of rotatable bonds is 2. The first-order valence-corrected chi connectivity index (χ1v) is 13.6. The molecule has 0 fully saturated rings. The molecule has 0 saturated heterocycles. The molecule has 0 radical (unpaired) electrons. The highest BCUT2D eigenvalue weighted by Crippen LogP contribution is 2.45. The van der Waals surface area contributed by atoms with Crippen molar-refractivity contribution in [1.29, 1.82) is 0 Å². The van der Waals surface area contributed by atoms with Gasteiger partial charge in [0, 0.05) is 33.6 Å². The molecule has 0 spiro atoms. The summed E-state index contributed by atoms with van der Waals surface area (Å²) >= 11 is 3.22. The minimum absolute atomic E-state index is 0.283. The molecule has 0 atom stereocenters. The highest BCUT2D eigenvalue weighted by atomic mass is 32.1. The van der Waals surface area contributed by atoms with Crippen LogP contribution in [0.5, 0.6) is 0 Å². The SMILES string of the molecule is O=C1Nc2cc(-c3nc4ccccc4s3)ccc2/C1=C1\C(=O)Nc2cc(-c3nc4ccccc4s3)ccc21. The van der Waals surface area contributed by atoms with Gasteiger partial charge < -0.3 is 10.6 Å². The Labute approximate surface area is 224 Å². The summed E-state index contributed by atoms with van der Waals surface area (Å²) in [6.45, 7) is 0. The molecule has 2 aromatic heterocycles. The normalized spacial score (nSPS) is 16.1. The molecule has 8 heteroatoms. The van der Waals surface area contributed by atoms with Gasteiger partial charge in [0.15, 0.2) is 0 Å². The molecule has 180 valence electrons. The second kappa shape index (κ2) is 7.92. The van der Waals surface area contributed by atoms with Crippen LogP contribution in [0.4, 0.5) is 11.4 Å². The van der Waals surface area contributed by atoms with E-state index in [4.69, 9.17) is 9.97 Å². The maximum absolute atomic E-state index is 13.2. The van der Waals surface area contributed by atoms with E-state index in [9.17, 15) is 9.59 Å². The summed E-state index contributed by atoms with van der Waals surface area (Å²) in [6, 6.07) is 27.6. The van der Waals surface area contributed by atoms with Gasteiger partial charge in [0.2, 0.25) is 0 Å². The predicted molar refractivity (Wildman–Crippen MR) is 154 cm³/mol. The number of benzene rings is 4. The van der Waals surface area contributed by atoms with Crippen molar-refractivity contribution in [2.45, 2.75) is 0 Å². The molecular formula is C30H16N4O2S2. The second-order valence-corrected chi connectivity index (χ2v) is 11.2. The Balaban J connectivity index is 1.21. The van der Waals surface area contributed by atoms with Gasteiger partial charge >= 0.3 is 0 Å². The third-order valence-corrected chi connectivity index (χ3v) is 9.03. The van der Waals surface area contributed by atoms with Crippen LogP contribution in [0.15, 0.2) is 84.9 Å². The quantitative estimate of drug-likeness (QED) is 0.236. The monoisotopic (exact) mass is 528 g/mol. The van der Waals surface area contributed by atoms with Gasteiger partial charge in [-0.15, -0.1) is 22.7 Å². The van der Waals surface area contributed by atoms with Crippen LogP contribution in [0, 0.1) is 0 Å². The molecule has 2 aliphatic rings. The van der Waals surface area contributed by atoms with Crippen LogP contribution in [0.2, 0.25) is 0 Å². The third kappa shape index (κ3) is 3.17. The number of thiazole rings is 2. The number of para-hydroxylation sites is 2. The molecule has 0 bridgehead atoms. The molecule has 2 aliphatic heterocycles. The van der Waals surface area contributed by atoms with Crippen LogP contribution in [0.1, 0.15) is 11.1 Å². The van der Waals surface area contributed by atoms with Gasteiger partial charge in [0.25, 0.3) is 11.8 Å². The van der Waals surface area contributed by atoms with E-state index in [1.165, 1.54) is 0 Å². The minimum atomic E-state index is -0.283. The number of hydrogen-bond donors (Lipinski definition) is 2. The molecule has 8 rings (SSSR count). The molecule has 6 aromatic rings. The Morgan fingerprint density at radius 3 is 1.45 bits per heavy atom. The largest absolute Gasteiger partial charge is 0.321 e. The zero-order valence-electron chi connectivity index (χ0n) is 19.6. The van der Waals surface area contributed by atoms with Gasteiger partial charge in [-0.1, -0.05) is 48.5 Å². The fraction of sp³-hybridized carbons (Fsp3) is 0. The van der Waals surface area contributed by atoms with E-state index in [0.717, 1.165) is 41.6 Å². The number of hydrogen-bond acceptors (Lipinski definition) is 6. The van der Waals surface area contributed by atoms with Crippen molar-refractivity contribution in [3.63, 3.8) is 0 Å². The Morgan fingerprint density at radius 1 is 0.553 bits per heavy atom. The lowest BCUT2D eigenvalue weighted by Gasteiger charge is -2.05. The van der Waals surface area contributed by atoms with Crippen molar-refractivity contribution in [1.82, 2.24) is 9.97 Å². The first-order valence-electron chi connectivity index (χ1n) is 12.0. The van der Waals surface area contributed by atoms with Crippen molar-refractivity contribution < 1.29 is 9.59 Å². The van der Waals surface area contributed by atoms with Crippen molar-refractivity contribution in [3.8, 4) is 21.1 Å². The van der Waals surface area contributed by atoms with Gasteiger partial charge in [0.1, 0.15) is 10.0 Å². The average molecular weight is 529 g/mol. The van der Waals surface area contributed by atoms with Gasteiger partial charge in [-0.05, 0) is 36.4 Å². The summed E-state index contributed by atoms with van der Waals surface area (Å²) in [5, 5.41) is 7.70. The zero-order valence-corrected chi connectivity index (χ0v) is 21.2. The Hall–Kier alpha value is -4.66. The lowest BCUT2D eigenvalue weighted by Crippen LogP contribution is -2.10. The van der Waals surface area contributed by atoms with E-state index in [0.29, 0.717) is 33.6 Å². The van der Waals surface area contributed by atoms with Crippen LogP contribution in [0.3, 0.4) is 0 Å². The van der Waals surface area contributed by atoms with Gasteiger partial charge in [-0.25, -0.2) is 9.97 Å². The number of carbonyl (C=O) groups is 2. The van der Waals surface area contributed by atoms with Crippen LogP contribution >= 0.6 is 22.7 Å². The first kappa shape index (κ1) is 21.4. The standard InChI is InChI=1S/C30H16N4O2S2/c35-27-25(17-11-9-15(13-21(17)31-27)29-33-19-5-1-3-7-23(19)37-29)26-18-12-10-16(14-22(18)32-28(26)36)30-34-20-6-2-4-8-24(20)38-30/h1-14H,(H,31,35)(H,32,36)/b26-25+. The predicted octanol–water partition coefficient (Wildman–Crippen LogP) is 7.06. The highest BCUT2D eigenvalue weighted by Gasteiger charge is 2.35. The fourth-order valence-electron chi connectivity index (χ4n) is 5.10. The number of nitrogens with zero attached hydrogens (tertiary/aromatic N) is 2. The van der Waals surface area contributed by atoms with Gasteiger partial charge in [0.05, 0.1) is 31.6 Å². The summed E-state index contributed by atoms with van der Waals surface area (Å²) in [5.41, 5.74) is 7.32. The topological polar surface area (TPSA) is 84.0 Å². The van der Waals surface area contributed by atoms with Crippen LogP contribution in [-0.2, 0) is 9.59 Å². The number of carbonyl (C=O) groups excluding carboxylic acids is 2. The molecule has 0 unspecified atom stereocenters. The Morgan fingerprint density at radius 2 is 1.00 bits per heavy atom. The van der Waals surface area contributed by atoms with E-state index in [-0.39, 0.29) is 11.8 Å². The molecule has 0 aliphatic carbocycles. The Kier molecular flexibility index (Phi) is 4.46. The van der Waals surface area contributed by atoms with Crippen molar-refractivity contribution in [3.05, 3.63) is 96.1 Å². The molecule has 2 N–H and O–H groups in total. The van der Waals surface area contributed by atoms with Crippen molar-refractivity contribution in [2.75, 3.05) is 10.6 Å². The van der Waals surface area contributed by atoms with E-state index in [2.05, 4.69) is 10.6 Å². The first-order chi connectivity index (χ1) is 18.6. The highest BCUT2D eigenvalue weighted by molar-refractivity contribution is 7.22. The van der Waals surface area contributed by atoms with E-state index >= 15 is 0 Å². The van der Waals surface area contributed by atoms with Crippen LogP contribution in [-0.4, -0.2) is 21.8 Å². The number of nitrogens with one attached hydrogen (secondary N) is 2. The van der Waals surface area contributed by atoms with Crippen LogP contribution in [0.25, 0.3) is 52.7 Å². The second-order valence-electron chi connectivity index (χ2n) is 9.15. The molecule has 0 saturated carbocycles. The maximum atomic E-state index is 13.2. The summed E-state index contributed by atoms with van der Waals surface area (Å²) in [4.78, 5) is 35.8. The zero-order chi connectivity index (χ0) is 25.4. The molecule has 4 heterocycles. The number of amides is 2. The van der Waals surface area contributed by atoms with E-state index in [1.54, 1.807) is 22.7 Å². The molecular weight excluding hydrogens is 512 g/mol. The van der Waals surface area contributed by atoms with Crippen molar-refractivity contribution in [2.24, 2.45) is 0 Å². The smallest absolute Gasteiger partial charge is 0.257 e. The lowest BCUT2D eigenvalue weighted by molar-refractivity contribution is -0.112. The third-order valence-electron chi connectivity index (χ3n) is 6.86. The van der Waals surface area contributed by atoms with E-state index < -0.39 is 0 Å². The minimum Gasteiger partial charge on any atom is -0.321 e. The molecule has 6 nitrogen and oxygen atoms in total. The average Bonchev–Trinajstić information content (AvgIpc) is 3.69. The molecule has 4 aromatic carbocycles. The van der Waals surface area contributed by atoms with Crippen molar-refractivity contribution >= 4 is 77.4 Å². The number of anilines is 2. The summed E-state index contributed by atoms with van der Waals surface area (Å²) < 4.78 is 2.22. The maximum Gasteiger partial charge on any atom is 0.257 e. The number of fused-ring (bicyclic) bond motifs is 4. The fourth-order valence-corrected chi connectivity index (χ4v) is 7.02. The molecule has 2 amide bonds. The summed E-state index contributed by atoms with van der Waals surface area (Å²) in [7, 11) is 0. The lowest BCUT2D eigenvalue weighted by atomic mass is 9.95.